The number of carboxylic acid groups (broad SMARTS) is 1. The summed E-state index contributed by atoms with van der Waals surface area (Å²) in [5, 5.41) is 15.9. The van der Waals surface area contributed by atoms with E-state index in [4.69, 9.17) is 5.11 Å². The van der Waals surface area contributed by atoms with Gasteiger partial charge >= 0.3 is 5.97 Å². The molecule has 13 heavy (non-hydrogen) atoms. The van der Waals surface area contributed by atoms with Crippen LogP contribution in [-0.4, -0.2) is 21.3 Å². The maximum atomic E-state index is 10.7. The van der Waals surface area contributed by atoms with Crippen LogP contribution < -0.4 is 0 Å². The number of aryl methyl sites for hydroxylation is 1. The van der Waals surface area contributed by atoms with E-state index in [2.05, 4.69) is 17.1 Å². The van der Waals surface area contributed by atoms with Crippen molar-refractivity contribution in [3.05, 3.63) is 23.5 Å². The van der Waals surface area contributed by atoms with Crippen molar-refractivity contribution in [1.82, 2.24) is 10.2 Å². The van der Waals surface area contributed by atoms with E-state index in [1.807, 2.05) is 0 Å². The van der Waals surface area contributed by atoms with Crippen LogP contribution in [0.2, 0.25) is 0 Å². The van der Waals surface area contributed by atoms with Crippen LogP contribution in [0, 0.1) is 0 Å². The zero-order chi connectivity index (χ0) is 9.68. The fourth-order valence-electron chi connectivity index (χ4n) is 1.11. The van der Waals surface area contributed by atoms with Crippen LogP contribution in [0.3, 0.4) is 0 Å². The number of carbonyl (C=O) groups is 1. The summed E-state index contributed by atoms with van der Waals surface area (Å²) in [7, 11) is 0. The molecule has 0 bridgehead atoms. The largest absolute Gasteiger partial charge is 0.476 e. The fraction of sp³-hybridized carbons (Fsp3) is 0.444. The van der Waals surface area contributed by atoms with E-state index in [1.165, 1.54) is 6.20 Å². The first-order chi connectivity index (χ1) is 6.25. The number of nitrogens with zero attached hydrogens (tertiary/aromatic N) is 2. The second-order valence-electron chi connectivity index (χ2n) is 2.81. The third-order valence-corrected chi connectivity index (χ3v) is 1.81. The Morgan fingerprint density at radius 2 is 2.38 bits per heavy atom. The van der Waals surface area contributed by atoms with Crippen LogP contribution in [0.4, 0.5) is 0 Å². The predicted octanol–water partition coefficient (Wildman–Crippen LogP) is 1.52. The Balaban J connectivity index is 2.84. The molecule has 0 saturated carbocycles. The van der Waals surface area contributed by atoms with E-state index in [-0.39, 0.29) is 5.69 Å². The molecule has 0 radical (unpaired) electrons. The Hall–Kier alpha value is -1.45. The number of hydrogen-bond donors (Lipinski definition) is 1. The van der Waals surface area contributed by atoms with Gasteiger partial charge in [0.05, 0.1) is 0 Å². The molecule has 4 nitrogen and oxygen atoms in total. The third-order valence-electron chi connectivity index (χ3n) is 1.81. The van der Waals surface area contributed by atoms with Gasteiger partial charge in [0.2, 0.25) is 0 Å². The van der Waals surface area contributed by atoms with Crippen molar-refractivity contribution in [3.8, 4) is 0 Å². The topological polar surface area (TPSA) is 63.1 Å². The Bertz CT molecular complexity index is 299. The second kappa shape index (κ2) is 4.54. The number of rotatable bonds is 4. The number of hydrogen-bond acceptors (Lipinski definition) is 3. The second-order valence-corrected chi connectivity index (χ2v) is 2.81. The van der Waals surface area contributed by atoms with Crippen molar-refractivity contribution in [2.75, 3.05) is 0 Å². The van der Waals surface area contributed by atoms with Crippen LogP contribution in [0.1, 0.15) is 35.8 Å². The lowest BCUT2D eigenvalue weighted by molar-refractivity contribution is 0.0687. The van der Waals surface area contributed by atoms with Crippen molar-refractivity contribution >= 4 is 5.97 Å². The van der Waals surface area contributed by atoms with Gasteiger partial charge in [-0.05, 0) is 24.5 Å². The number of aromatic nitrogens is 2. The molecule has 1 aromatic heterocycles. The van der Waals surface area contributed by atoms with Gasteiger partial charge in [-0.15, -0.1) is 5.10 Å². The molecule has 0 aliphatic heterocycles. The Morgan fingerprint density at radius 1 is 1.62 bits per heavy atom. The summed E-state index contributed by atoms with van der Waals surface area (Å²) in [5.74, 6) is -1.00. The van der Waals surface area contributed by atoms with Crippen molar-refractivity contribution in [2.45, 2.75) is 26.2 Å². The summed E-state index contributed by atoms with van der Waals surface area (Å²) in [4.78, 5) is 10.7. The summed E-state index contributed by atoms with van der Waals surface area (Å²) < 4.78 is 0. The normalized spacial score (nSPS) is 9.92. The molecule has 1 rings (SSSR count). The standard InChI is InChI=1S/C9H12N2O2/c1-2-3-4-7-5-6-10-11-8(7)9(12)13/h5-6H,2-4H2,1H3,(H,12,13). The van der Waals surface area contributed by atoms with Gasteiger partial charge in [0.25, 0.3) is 0 Å². The monoisotopic (exact) mass is 180 g/mol. The molecule has 0 saturated heterocycles. The van der Waals surface area contributed by atoms with E-state index >= 15 is 0 Å². The van der Waals surface area contributed by atoms with Gasteiger partial charge in [-0.2, -0.15) is 5.10 Å². The minimum Gasteiger partial charge on any atom is -0.476 e. The molecule has 0 aliphatic carbocycles. The van der Waals surface area contributed by atoms with E-state index in [0.29, 0.717) is 0 Å². The molecule has 4 heteroatoms. The van der Waals surface area contributed by atoms with E-state index < -0.39 is 5.97 Å². The van der Waals surface area contributed by atoms with Crippen molar-refractivity contribution in [2.24, 2.45) is 0 Å². The van der Waals surface area contributed by atoms with Crippen LogP contribution in [-0.2, 0) is 6.42 Å². The number of carboxylic acids is 1. The first kappa shape index (κ1) is 9.64. The zero-order valence-corrected chi connectivity index (χ0v) is 7.53. The average Bonchev–Trinajstić information content (AvgIpc) is 2.15. The quantitative estimate of drug-likeness (QED) is 0.763. The molecule has 1 N–H and O–H groups in total. The molecule has 1 aromatic rings. The minimum atomic E-state index is -1.00. The highest BCUT2D eigenvalue weighted by atomic mass is 16.4. The molecule has 70 valence electrons. The molecular formula is C9H12N2O2. The van der Waals surface area contributed by atoms with Gasteiger partial charge in [0, 0.05) is 6.20 Å². The SMILES string of the molecule is CCCCc1ccnnc1C(=O)O. The van der Waals surface area contributed by atoms with E-state index in [1.54, 1.807) is 6.07 Å². The summed E-state index contributed by atoms with van der Waals surface area (Å²) in [5.41, 5.74) is 0.848. The van der Waals surface area contributed by atoms with Gasteiger partial charge in [0.1, 0.15) is 0 Å². The number of aromatic carboxylic acids is 1. The average molecular weight is 180 g/mol. The molecular weight excluding hydrogens is 168 g/mol. The van der Waals surface area contributed by atoms with Gasteiger partial charge in [0.15, 0.2) is 5.69 Å². The molecule has 0 amide bonds. The first-order valence-electron chi connectivity index (χ1n) is 4.29. The highest BCUT2D eigenvalue weighted by Gasteiger charge is 2.10. The van der Waals surface area contributed by atoms with Crippen molar-refractivity contribution in [3.63, 3.8) is 0 Å². The van der Waals surface area contributed by atoms with Crippen LogP contribution in [0.5, 0.6) is 0 Å². The Morgan fingerprint density at radius 3 is 3.00 bits per heavy atom. The molecule has 0 aromatic carbocycles. The van der Waals surface area contributed by atoms with Crippen molar-refractivity contribution < 1.29 is 9.90 Å². The van der Waals surface area contributed by atoms with E-state index in [0.717, 1.165) is 24.8 Å². The van der Waals surface area contributed by atoms with Crippen molar-refractivity contribution in [1.29, 1.82) is 0 Å². The minimum absolute atomic E-state index is 0.0796. The zero-order valence-electron chi connectivity index (χ0n) is 7.53. The summed E-state index contributed by atoms with van der Waals surface area (Å²) in [6.45, 7) is 2.06. The molecule has 0 fully saturated rings. The van der Waals surface area contributed by atoms with Crippen LogP contribution >= 0.6 is 0 Å². The third kappa shape index (κ3) is 2.50. The Kier molecular flexibility index (Phi) is 3.37. The van der Waals surface area contributed by atoms with Gasteiger partial charge in [-0.25, -0.2) is 4.79 Å². The Labute approximate surface area is 76.6 Å². The van der Waals surface area contributed by atoms with E-state index in [9.17, 15) is 4.79 Å². The van der Waals surface area contributed by atoms with Gasteiger partial charge < -0.3 is 5.11 Å². The lowest BCUT2D eigenvalue weighted by atomic mass is 10.1. The van der Waals surface area contributed by atoms with Gasteiger partial charge in [-0.3, -0.25) is 0 Å². The number of unbranched alkanes of at least 4 members (excludes halogenated alkanes) is 1. The predicted molar refractivity (Wildman–Crippen MR) is 47.6 cm³/mol. The highest BCUT2D eigenvalue weighted by molar-refractivity contribution is 5.86. The lowest BCUT2D eigenvalue weighted by Gasteiger charge is -2.01. The van der Waals surface area contributed by atoms with Crippen LogP contribution in [0.25, 0.3) is 0 Å². The maximum Gasteiger partial charge on any atom is 0.356 e. The molecule has 0 aliphatic rings. The summed E-state index contributed by atoms with van der Waals surface area (Å²) in [6, 6.07) is 1.71. The first-order valence-corrected chi connectivity index (χ1v) is 4.29. The lowest BCUT2D eigenvalue weighted by Crippen LogP contribution is -2.06. The summed E-state index contributed by atoms with van der Waals surface area (Å²) >= 11 is 0. The summed E-state index contributed by atoms with van der Waals surface area (Å²) in [6.07, 6.45) is 4.30. The smallest absolute Gasteiger partial charge is 0.356 e. The molecule has 1 heterocycles. The highest BCUT2D eigenvalue weighted by Crippen LogP contribution is 2.07. The fourth-order valence-corrected chi connectivity index (χ4v) is 1.11. The van der Waals surface area contributed by atoms with Gasteiger partial charge in [-0.1, -0.05) is 13.3 Å². The molecule has 0 spiro atoms. The van der Waals surface area contributed by atoms with Crippen LogP contribution in [0.15, 0.2) is 12.3 Å². The maximum absolute atomic E-state index is 10.7. The molecule has 0 unspecified atom stereocenters. The molecule has 0 atom stereocenters.